The van der Waals surface area contributed by atoms with Gasteiger partial charge in [0.25, 0.3) is 5.91 Å². The quantitative estimate of drug-likeness (QED) is 0.791. The van der Waals surface area contributed by atoms with Crippen LogP contribution in [0.2, 0.25) is 0 Å². The van der Waals surface area contributed by atoms with E-state index in [-0.39, 0.29) is 23.7 Å². The summed E-state index contributed by atoms with van der Waals surface area (Å²) in [5.74, 6) is -0.129. The molecule has 0 atom stereocenters. The monoisotopic (exact) mass is 385 g/mol. The Kier molecular flexibility index (Phi) is 6.95. The lowest BCUT2D eigenvalue weighted by atomic mass is 9.79. The van der Waals surface area contributed by atoms with Crippen molar-refractivity contribution in [3.05, 3.63) is 23.5 Å². The van der Waals surface area contributed by atoms with Crippen LogP contribution >= 0.6 is 23.7 Å². The van der Waals surface area contributed by atoms with Gasteiger partial charge < -0.3 is 15.4 Å². The predicted molar refractivity (Wildman–Crippen MR) is 100 cm³/mol. The Hall–Kier alpha value is -1.48. The van der Waals surface area contributed by atoms with E-state index in [1.807, 2.05) is 13.2 Å². The number of aromatic nitrogens is 3. The Morgan fingerprint density at radius 2 is 2.24 bits per heavy atom. The van der Waals surface area contributed by atoms with Crippen LogP contribution in [0.4, 0.5) is 0 Å². The predicted octanol–water partition coefficient (Wildman–Crippen LogP) is 1.71. The number of methoxy groups -OCH3 is 1. The Morgan fingerprint density at radius 3 is 2.88 bits per heavy atom. The number of amides is 1. The van der Waals surface area contributed by atoms with Crippen LogP contribution in [0.3, 0.4) is 0 Å². The zero-order chi connectivity index (χ0) is 17.0. The van der Waals surface area contributed by atoms with E-state index in [1.54, 1.807) is 23.4 Å². The lowest BCUT2D eigenvalue weighted by Gasteiger charge is -2.37. The molecule has 3 rings (SSSR count). The van der Waals surface area contributed by atoms with Crippen molar-refractivity contribution in [3.8, 4) is 10.6 Å². The second-order valence-electron chi connectivity index (χ2n) is 6.31. The molecule has 1 amide bonds. The van der Waals surface area contributed by atoms with Crippen molar-refractivity contribution in [3.63, 3.8) is 0 Å². The molecular weight excluding hydrogens is 362 g/mol. The highest BCUT2D eigenvalue weighted by atomic mass is 35.5. The highest BCUT2D eigenvalue weighted by Crippen LogP contribution is 2.28. The largest absolute Gasteiger partial charge is 0.384 e. The van der Waals surface area contributed by atoms with Crippen LogP contribution in [-0.4, -0.2) is 54.0 Å². The number of carbonyl (C=O) groups excluding carboxylic acids is 1. The lowest BCUT2D eigenvalue weighted by molar-refractivity contribution is 0.0511. The molecule has 0 aliphatic carbocycles. The smallest absolute Gasteiger partial charge is 0.270 e. The molecule has 9 heteroatoms. The second-order valence-corrected chi connectivity index (χ2v) is 7.16. The summed E-state index contributed by atoms with van der Waals surface area (Å²) in [6.45, 7) is 3.19. The first-order valence-electron chi connectivity index (χ1n) is 8.04. The SMILES string of the molecule is COCC1(CNC(=O)c2csc(-c3cnn(C)c3)n2)CCNCC1.Cl. The minimum Gasteiger partial charge on any atom is -0.384 e. The minimum absolute atomic E-state index is 0. The maximum absolute atomic E-state index is 12.4. The first-order valence-corrected chi connectivity index (χ1v) is 8.92. The van der Waals surface area contributed by atoms with E-state index < -0.39 is 0 Å². The molecule has 1 aliphatic heterocycles. The molecule has 1 fully saturated rings. The summed E-state index contributed by atoms with van der Waals surface area (Å²) in [7, 11) is 3.57. The number of ether oxygens (including phenoxy) is 1. The highest BCUT2D eigenvalue weighted by molar-refractivity contribution is 7.13. The summed E-state index contributed by atoms with van der Waals surface area (Å²) in [6.07, 6.45) is 5.64. The van der Waals surface area contributed by atoms with Gasteiger partial charge in [-0.25, -0.2) is 4.98 Å². The van der Waals surface area contributed by atoms with Crippen LogP contribution in [-0.2, 0) is 11.8 Å². The van der Waals surface area contributed by atoms with Crippen LogP contribution in [0.5, 0.6) is 0 Å². The summed E-state index contributed by atoms with van der Waals surface area (Å²) in [4.78, 5) is 16.9. The zero-order valence-electron chi connectivity index (χ0n) is 14.4. The first kappa shape index (κ1) is 19.8. The van der Waals surface area contributed by atoms with Gasteiger partial charge in [0.15, 0.2) is 0 Å². The van der Waals surface area contributed by atoms with Crippen molar-refractivity contribution < 1.29 is 9.53 Å². The number of carbonyl (C=O) groups is 1. The number of nitrogens with zero attached hydrogens (tertiary/aromatic N) is 3. The number of nitrogens with one attached hydrogen (secondary N) is 2. The van der Waals surface area contributed by atoms with Crippen LogP contribution in [0.15, 0.2) is 17.8 Å². The summed E-state index contributed by atoms with van der Waals surface area (Å²) >= 11 is 1.46. The number of piperidine rings is 1. The van der Waals surface area contributed by atoms with Gasteiger partial charge in [-0.05, 0) is 25.9 Å². The van der Waals surface area contributed by atoms with Crippen molar-refractivity contribution in [2.24, 2.45) is 12.5 Å². The zero-order valence-corrected chi connectivity index (χ0v) is 16.1. The average molecular weight is 386 g/mol. The number of rotatable bonds is 6. The molecule has 2 N–H and O–H groups in total. The van der Waals surface area contributed by atoms with Crippen LogP contribution in [0.25, 0.3) is 10.6 Å². The van der Waals surface area contributed by atoms with E-state index in [2.05, 4.69) is 20.7 Å². The van der Waals surface area contributed by atoms with Gasteiger partial charge in [-0.2, -0.15) is 5.10 Å². The van der Waals surface area contributed by atoms with Gasteiger partial charge in [-0.3, -0.25) is 9.48 Å². The Labute approximate surface area is 157 Å². The Bertz CT molecular complexity index is 691. The summed E-state index contributed by atoms with van der Waals surface area (Å²) in [5, 5.41) is 13.1. The first-order chi connectivity index (χ1) is 11.6. The van der Waals surface area contributed by atoms with Crippen LogP contribution in [0, 0.1) is 5.41 Å². The molecular formula is C16H24ClN5O2S. The van der Waals surface area contributed by atoms with Crippen molar-refractivity contribution in [1.29, 1.82) is 0 Å². The molecule has 0 aromatic carbocycles. The van der Waals surface area contributed by atoms with Crippen molar-refractivity contribution in [2.45, 2.75) is 12.8 Å². The summed E-state index contributed by atoms with van der Waals surface area (Å²) in [5.41, 5.74) is 1.40. The van der Waals surface area contributed by atoms with E-state index in [0.717, 1.165) is 36.5 Å². The summed E-state index contributed by atoms with van der Waals surface area (Å²) < 4.78 is 7.11. The molecule has 0 spiro atoms. The molecule has 3 heterocycles. The Morgan fingerprint density at radius 1 is 1.48 bits per heavy atom. The van der Waals surface area contributed by atoms with Gasteiger partial charge in [0.05, 0.1) is 12.8 Å². The molecule has 1 saturated heterocycles. The fourth-order valence-electron chi connectivity index (χ4n) is 3.04. The maximum Gasteiger partial charge on any atom is 0.270 e. The number of thiazole rings is 1. The number of hydrogen-bond acceptors (Lipinski definition) is 6. The maximum atomic E-state index is 12.4. The average Bonchev–Trinajstić information content (AvgIpc) is 3.23. The third-order valence-electron chi connectivity index (χ3n) is 4.43. The fraction of sp³-hybridized carbons (Fsp3) is 0.562. The molecule has 2 aromatic heterocycles. The van der Waals surface area contributed by atoms with Gasteiger partial charge in [0, 0.05) is 43.3 Å². The normalized spacial score (nSPS) is 16.2. The standard InChI is InChI=1S/C16H23N5O2S.ClH/c1-21-8-12(7-19-21)15-20-13(9-24-15)14(22)18-10-16(11-23-2)3-5-17-6-4-16;/h7-9,17H,3-6,10-11H2,1-2H3,(H,18,22);1H. The highest BCUT2D eigenvalue weighted by Gasteiger charge is 2.32. The van der Waals surface area contributed by atoms with Crippen LogP contribution < -0.4 is 10.6 Å². The van der Waals surface area contributed by atoms with E-state index in [0.29, 0.717) is 18.8 Å². The van der Waals surface area contributed by atoms with E-state index in [9.17, 15) is 4.79 Å². The van der Waals surface area contributed by atoms with E-state index in [4.69, 9.17) is 4.74 Å². The Balaban J connectivity index is 0.00000225. The number of halogens is 1. The number of hydrogen-bond donors (Lipinski definition) is 2. The molecule has 1 aliphatic rings. The molecule has 0 bridgehead atoms. The van der Waals surface area contributed by atoms with Gasteiger partial charge >= 0.3 is 0 Å². The van der Waals surface area contributed by atoms with E-state index >= 15 is 0 Å². The van der Waals surface area contributed by atoms with Crippen molar-refractivity contribution in [1.82, 2.24) is 25.4 Å². The molecule has 2 aromatic rings. The third-order valence-corrected chi connectivity index (χ3v) is 5.32. The molecule has 0 radical (unpaired) electrons. The molecule has 0 saturated carbocycles. The van der Waals surface area contributed by atoms with Gasteiger partial charge in [0.2, 0.25) is 0 Å². The molecule has 7 nitrogen and oxygen atoms in total. The van der Waals surface area contributed by atoms with Gasteiger partial charge in [-0.15, -0.1) is 23.7 Å². The minimum atomic E-state index is -0.129. The second kappa shape index (κ2) is 8.75. The summed E-state index contributed by atoms with van der Waals surface area (Å²) in [6, 6.07) is 0. The van der Waals surface area contributed by atoms with Crippen LogP contribution in [0.1, 0.15) is 23.3 Å². The van der Waals surface area contributed by atoms with Crippen molar-refractivity contribution >= 4 is 29.7 Å². The third kappa shape index (κ3) is 4.78. The lowest BCUT2D eigenvalue weighted by Crippen LogP contribution is -2.47. The molecule has 138 valence electrons. The number of aryl methyl sites for hydroxylation is 1. The molecule has 25 heavy (non-hydrogen) atoms. The van der Waals surface area contributed by atoms with E-state index in [1.165, 1.54) is 11.3 Å². The van der Waals surface area contributed by atoms with Gasteiger partial charge in [0.1, 0.15) is 10.7 Å². The van der Waals surface area contributed by atoms with Gasteiger partial charge in [-0.1, -0.05) is 0 Å². The molecule has 0 unspecified atom stereocenters. The van der Waals surface area contributed by atoms with Crippen molar-refractivity contribution in [2.75, 3.05) is 33.4 Å². The topological polar surface area (TPSA) is 81.1 Å². The fourth-order valence-corrected chi connectivity index (χ4v) is 3.81.